The van der Waals surface area contributed by atoms with E-state index in [1.165, 1.54) is 6.07 Å². The van der Waals surface area contributed by atoms with Crippen LogP contribution >= 0.6 is 0 Å². The maximum absolute atomic E-state index is 13.5. The first-order valence-corrected chi connectivity index (χ1v) is 8.71. The minimum atomic E-state index is -0.334. The second kappa shape index (κ2) is 7.55. The minimum Gasteiger partial charge on any atom is -0.396 e. The Balaban J connectivity index is 1.73. The molecule has 1 saturated heterocycles. The molecule has 0 radical (unpaired) electrons. The molecule has 0 atom stereocenters. The number of nitrogens with one attached hydrogen (secondary N) is 1. The summed E-state index contributed by atoms with van der Waals surface area (Å²) in [4.78, 5) is 12.5. The lowest BCUT2D eigenvalue weighted by Crippen LogP contribution is -2.43. The van der Waals surface area contributed by atoms with Crippen LogP contribution in [0.5, 0.6) is 0 Å². The normalized spacial score (nSPS) is 16.5. The number of ether oxygens (including phenoxy) is 1. The molecule has 1 aliphatic heterocycles. The Bertz CT molecular complexity index is 797. The molecule has 140 valence electrons. The van der Waals surface area contributed by atoms with Crippen molar-refractivity contribution in [3.8, 4) is 11.3 Å². The molecular formula is C19H24FN3O3. The lowest BCUT2D eigenvalue weighted by atomic mass is 9.81. The number of carbonyl (C=O) groups excluding carboxylic acids is 1. The molecule has 3 rings (SSSR count). The van der Waals surface area contributed by atoms with Crippen LogP contribution in [0.15, 0.2) is 24.3 Å². The zero-order valence-corrected chi connectivity index (χ0v) is 15.1. The van der Waals surface area contributed by atoms with E-state index >= 15 is 0 Å². The molecule has 1 aromatic carbocycles. The fraction of sp³-hybridized carbons (Fsp3) is 0.474. The molecule has 0 bridgehead atoms. The Morgan fingerprint density at radius 1 is 1.38 bits per heavy atom. The van der Waals surface area contributed by atoms with Crippen molar-refractivity contribution in [2.75, 3.05) is 26.4 Å². The van der Waals surface area contributed by atoms with E-state index in [1.54, 1.807) is 36.9 Å². The number of aryl methyl sites for hydroxylation is 2. The van der Waals surface area contributed by atoms with E-state index < -0.39 is 0 Å². The van der Waals surface area contributed by atoms with Crippen LogP contribution in [0.3, 0.4) is 0 Å². The van der Waals surface area contributed by atoms with E-state index in [2.05, 4.69) is 10.4 Å². The van der Waals surface area contributed by atoms with Gasteiger partial charge in [0.1, 0.15) is 5.82 Å². The van der Waals surface area contributed by atoms with Gasteiger partial charge in [0.15, 0.2) is 5.69 Å². The van der Waals surface area contributed by atoms with Crippen molar-refractivity contribution in [1.82, 2.24) is 15.1 Å². The number of halogens is 1. The predicted molar refractivity (Wildman–Crippen MR) is 95.2 cm³/mol. The molecule has 0 spiro atoms. The summed E-state index contributed by atoms with van der Waals surface area (Å²) >= 11 is 0. The van der Waals surface area contributed by atoms with Crippen molar-refractivity contribution in [3.63, 3.8) is 0 Å². The fourth-order valence-corrected chi connectivity index (χ4v) is 3.21. The van der Waals surface area contributed by atoms with Crippen LogP contribution in [0.2, 0.25) is 0 Å². The quantitative estimate of drug-likeness (QED) is 0.855. The molecule has 1 fully saturated rings. The number of carbonyl (C=O) groups is 1. The van der Waals surface area contributed by atoms with Gasteiger partial charge in [-0.05, 0) is 49.6 Å². The second-order valence-electron chi connectivity index (χ2n) is 6.96. The standard InChI is InChI=1S/C19H24FN3O3/c1-13-9-14(3-4-15(13)20)17-10-16(22-23(17)2)18(25)21-11-19(12-24)5-7-26-8-6-19/h3-4,9-10,24H,5-8,11-12H2,1-2H3,(H,21,25). The van der Waals surface area contributed by atoms with Gasteiger partial charge in [0.25, 0.3) is 5.91 Å². The van der Waals surface area contributed by atoms with Crippen LogP contribution in [0, 0.1) is 18.2 Å². The Morgan fingerprint density at radius 2 is 2.12 bits per heavy atom. The summed E-state index contributed by atoms with van der Waals surface area (Å²) in [5.74, 6) is -0.551. The molecule has 0 aliphatic carbocycles. The molecule has 2 aromatic rings. The summed E-state index contributed by atoms with van der Waals surface area (Å²) < 4.78 is 20.4. The highest BCUT2D eigenvalue weighted by Crippen LogP contribution is 2.29. The van der Waals surface area contributed by atoms with Gasteiger partial charge in [-0.25, -0.2) is 4.39 Å². The summed E-state index contributed by atoms with van der Waals surface area (Å²) in [5.41, 5.74) is 2.04. The third-order valence-corrected chi connectivity index (χ3v) is 5.08. The Labute approximate surface area is 152 Å². The van der Waals surface area contributed by atoms with E-state index in [1.807, 2.05) is 0 Å². The van der Waals surface area contributed by atoms with Crippen LogP contribution in [0.4, 0.5) is 4.39 Å². The van der Waals surface area contributed by atoms with Crippen LogP contribution in [-0.4, -0.2) is 47.2 Å². The number of aromatic nitrogens is 2. The number of amides is 1. The Kier molecular flexibility index (Phi) is 5.38. The SMILES string of the molecule is Cc1cc(-c2cc(C(=O)NCC3(CO)CCOCC3)nn2C)ccc1F. The van der Waals surface area contributed by atoms with Gasteiger partial charge in [-0.15, -0.1) is 0 Å². The predicted octanol–water partition coefficient (Wildman–Crippen LogP) is 2.05. The average molecular weight is 361 g/mol. The zero-order valence-electron chi connectivity index (χ0n) is 15.1. The number of rotatable bonds is 5. The van der Waals surface area contributed by atoms with Crippen LogP contribution in [-0.2, 0) is 11.8 Å². The third-order valence-electron chi connectivity index (χ3n) is 5.08. The number of benzene rings is 1. The summed E-state index contributed by atoms with van der Waals surface area (Å²) in [6, 6.07) is 6.51. The summed E-state index contributed by atoms with van der Waals surface area (Å²) in [6.07, 6.45) is 1.43. The number of hydrogen-bond acceptors (Lipinski definition) is 4. The summed E-state index contributed by atoms with van der Waals surface area (Å²) in [6.45, 7) is 3.28. The van der Waals surface area contributed by atoms with Gasteiger partial charge in [-0.1, -0.05) is 0 Å². The summed E-state index contributed by atoms with van der Waals surface area (Å²) in [7, 11) is 1.75. The molecule has 1 amide bonds. The van der Waals surface area contributed by atoms with E-state index in [-0.39, 0.29) is 23.7 Å². The number of aliphatic hydroxyl groups is 1. The first kappa shape index (κ1) is 18.5. The van der Waals surface area contributed by atoms with Crippen molar-refractivity contribution in [1.29, 1.82) is 0 Å². The zero-order chi connectivity index (χ0) is 18.7. The Hall–Kier alpha value is -2.25. The van der Waals surface area contributed by atoms with E-state index in [0.717, 1.165) is 11.3 Å². The Morgan fingerprint density at radius 3 is 2.77 bits per heavy atom. The molecule has 2 N–H and O–H groups in total. The van der Waals surface area contributed by atoms with Crippen molar-refractivity contribution in [2.24, 2.45) is 12.5 Å². The molecule has 26 heavy (non-hydrogen) atoms. The largest absolute Gasteiger partial charge is 0.396 e. The van der Waals surface area contributed by atoms with Crippen molar-refractivity contribution >= 4 is 5.91 Å². The number of aliphatic hydroxyl groups excluding tert-OH is 1. The van der Waals surface area contributed by atoms with Crippen LogP contribution in [0.25, 0.3) is 11.3 Å². The molecule has 1 aliphatic rings. The van der Waals surface area contributed by atoms with Crippen LogP contribution in [0.1, 0.15) is 28.9 Å². The molecular weight excluding hydrogens is 337 g/mol. The first-order chi connectivity index (χ1) is 12.4. The maximum atomic E-state index is 13.5. The molecule has 2 heterocycles. The molecule has 1 aromatic heterocycles. The average Bonchev–Trinajstić information content (AvgIpc) is 3.04. The fourth-order valence-electron chi connectivity index (χ4n) is 3.21. The van der Waals surface area contributed by atoms with Gasteiger partial charge >= 0.3 is 0 Å². The molecule has 0 unspecified atom stereocenters. The van der Waals surface area contributed by atoms with Gasteiger partial charge in [-0.2, -0.15) is 5.10 Å². The highest BCUT2D eigenvalue weighted by Gasteiger charge is 2.32. The highest BCUT2D eigenvalue weighted by atomic mass is 19.1. The minimum absolute atomic E-state index is 0.0129. The van der Waals surface area contributed by atoms with E-state index in [4.69, 9.17) is 4.74 Å². The topological polar surface area (TPSA) is 76.4 Å². The van der Waals surface area contributed by atoms with E-state index in [0.29, 0.717) is 43.9 Å². The van der Waals surface area contributed by atoms with Gasteiger partial charge in [0.05, 0.1) is 12.3 Å². The monoisotopic (exact) mass is 361 g/mol. The second-order valence-corrected chi connectivity index (χ2v) is 6.96. The van der Waals surface area contributed by atoms with Crippen LogP contribution < -0.4 is 5.32 Å². The number of nitrogens with zero attached hydrogens (tertiary/aromatic N) is 2. The molecule has 6 nitrogen and oxygen atoms in total. The molecule has 0 saturated carbocycles. The first-order valence-electron chi connectivity index (χ1n) is 8.71. The van der Waals surface area contributed by atoms with Crippen molar-refractivity contribution in [2.45, 2.75) is 19.8 Å². The maximum Gasteiger partial charge on any atom is 0.271 e. The van der Waals surface area contributed by atoms with Gasteiger partial charge in [-0.3, -0.25) is 9.48 Å². The smallest absolute Gasteiger partial charge is 0.271 e. The summed E-state index contributed by atoms with van der Waals surface area (Å²) in [5, 5.41) is 16.9. The van der Waals surface area contributed by atoms with Crippen molar-refractivity contribution < 1.29 is 19.0 Å². The number of hydrogen-bond donors (Lipinski definition) is 2. The highest BCUT2D eigenvalue weighted by molar-refractivity contribution is 5.93. The lowest BCUT2D eigenvalue weighted by molar-refractivity contribution is -0.0146. The molecule has 7 heteroatoms. The van der Waals surface area contributed by atoms with Gasteiger partial charge in [0.2, 0.25) is 0 Å². The van der Waals surface area contributed by atoms with E-state index in [9.17, 15) is 14.3 Å². The lowest BCUT2D eigenvalue weighted by Gasteiger charge is -2.35. The van der Waals surface area contributed by atoms with Crippen molar-refractivity contribution in [3.05, 3.63) is 41.3 Å². The van der Waals surface area contributed by atoms with Gasteiger partial charge < -0.3 is 15.2 Å². The van der Waals surface area contributed by atoms with Gasteiger partial charge in [0, 0.05) is 37.8 Å². The third kappa shape index (κ3) is 3.78.